The van der Waals surface area contributed by atoms with E-state index in [1.54, 1.807) is 25.1 Å². The highest BCUT2D eigenvalue weighted by Gasteiger charge is 2.26. The molecule has 128 valence electrons. The Morgan fingerprint density at radius 1 is 1.33 bits per heavy atom. The summed E-state index contributed by atoms with van der Waals surface area (Å²) in [6, 6.07) is 10.4. The SMILES string of the molecule is C=CCOc1ccccc1CNC(=O)NCC(C)(O)c1ccco1. The van der Waals surface area contributed by atoms with Crippen LogP contribution < -0.4 is 15.4 Å². The highest BCUT2D eigenvalue weighted by atomic mass is 16.5. The zero-order valence-corrected chi connectivity index (χ0v) is 13.6. The van der Waals surface area contributed by atoms with Gasteiger partial charge in [-0.1, -0.05) is 30.9 Å². The molecular weight excluding hydrogens is 308 g/mol. The molecule has 6 heteroatoms. The van der Waals surface area contributed by atoms with E-state index >= 15 is 0 Å². The van der Waals surface area contributed by atoms with Crippen molar-refractivity contribution in [3.63, 3.8) is 0 Å². The van der Waals surface area contributed by atoms with Gasteiger partial charge < -0.3 is 24.9 Å². The van der Waals surface area contributed by atoms with E-state index in [1.165, 1.54) is 6.26 Å². The lowest BCUT2D eigenvalue weighted by atomic mass is 10.0. The van der Waals surface area contributed by atoms with Crippen LogP contribution >= 0.6 is 0 Å². The molecule has 0 saturated carbocycles. The largest absolute Gasteiger partial charge is 0.489 e. The van der Waals surface area contributed by atoms with E-state index < -0.39 is 5.60 Å². The summed E-state index contributed by atoms with van der Waals surface area (Å²) in [4.78, 5) is 11.9. The maximum absolute atomic E-state index is 11.9. The van der Waals surface area contributed by atoms with Crippen LogP contribution in [0.1, 0.15) is 18.2 Å². The predicted octanol–water partition coefficient (Wildman–Crippen LogP) is 2.55. The molecule has 2 amide bonds. The Morgan fingerprint density at radius 2 is 2.12 bits per heavy atom. The van der Waals surface area contributed by atoms with Gasteiger partial charge in [0.1, 0.15) is 23.7 Å². The minimum atomic E-state index is -1.27. The van der Waals surface area contributed by atoms with Crippen molar-refractivity contribution in [1.82, 2.24) is 10.6 Å². The lowest BCUT2D eigenvalue weighted by molar-refractivity contribution is 0.0367. The number of hydrogen-bond donors (Lipinski definition) is 3. The summed E-state index contributed by atoms with van der Waals surface area (Å²) >= 11 is 0. The van der Waals surface area contributed by atoms with Gasteiger partial charge in [-0.05, 0) is 25.1 Å². The van der Waals surface area contributed by atoms with Crippen LogP contribution in [0.4, 0.5) is 4.79 Å². The normalized spacial score (nSPS) is 12.9. The van der Waals surface area contributed by atoms with Crippen LogP contribution in [0.3, 0.4) is 0 Å². The molecule has 2 rings (SSSR count). The van der Waals surface area contributed by atoms with Crippen LogP contribution in [-0.2, 0) is 12.1 Å². The van der Waals surface area contributed by atoms with Gasteiger partial charge in [-0.3, -0.25) is 0 Å². The lowest BCUT2D eigenvalue weighted by Gasteiger charge is -2.21. The number of rotatable bonds is 8. The number of furan rings is 1. The average molecular weight is 330 g/mol. The first kappa shape index (κ1) is 17.6. The monoisotopic (exact) mass is 330 g/mol. The topological polar surface area (TPSA) is 83.7 Å². The second-order valence-electron chi connectivity index (χ2n) is 5.49. The minimum absolute atomic E-state index is 0.0287. The van der Waals surface area contributed by atoms with Crippen molar-refractivity contribution in [2.45, 2.75) is 19.1 Å². The first-order valence-electron chi connectivity index (χ1n) is 7.62. The Morgan fingerprint density at radius 3 is 2.83 bits per heavy atom. The molecule has 1 unspecified atom stereocenters. The number of nitrogens with one attached hydrogen (secondary N) is 2. The third kappa shape index (κ3) is 4.89. The molecule has 6 nitrogen and oxygen atoms in total. The van der Waals surface area contributed by atoms with Crippen molar-refractivity contribution < 1.29 is 19.1 Å². The smallest absolute Gasteiger partial charge is 0.315 e. The number of urea groups is 1. The van der Waals surface area contributed by atoms with Crippen LogP contribution in [0.25, 0.3) is 0 Å². The van der Waals surface area contributed by atoms with E-state index in [0.717, 1.165) is 5.56 Å². The summed E-state index contributed by atoms with van der Waals surface area (Å²) in [5, 5.41) is 15.6. The fourth-order valence-corrected chi connectivity index (χ4v) is 2.10. The quantitative estimate of drug-likeness (QED) is 0.650. The van der Waals surface area contributed by atoms with Crippen LogP contribution in [0.15, 0.2) is 59.7 Å². The standard InChI is InChI=1S/C18H22N2O4/c1-3-10-23-15-8-5-4-7-14(15)12-19-17(21)20-13-18(2,22)16-9-6-11-24-16/h3-9,11,22H,1,10,12-13H2,2H3,(H2,19,20,21). The fourth-order valence-electron chi connectivity index (χ4n) is 2.10. The summed E-state index contributed by atoms with van der Waals surface area (Å²) in [7, 11) is 0. The van der Waals surface area contributed by atoms with Gasteiger partial charge >= 0.3 is 6.03 Å². The van der Waals surface area contributed by atoms with E-state index in [0.29, 0.717) is 24.7 Å². The Labute approximate surface area is 141 Å². The van der Waals surface area contributed by atoms with Gasteiger partial charge in [0.2, 0.25) is 0 Å². The minimum Gasteiger partial charge on any atom is -0.489 e. The summed E-state index contributed by atoms with van der Waals surface area (Å²) in [5.41, 5.74) is -0.418. The first-order chi connectivity index (χ1) is 11.5. The Kier molecular flexibility index (Phi) is 6.03. The molecular formula is C18H22N2O4. The molecule has 0 bridgehead atoms. The zero-order chi connectivity index (χ0) is 17.4. The van der Waals surface area contributed by atoms with Gasteiger partial charge in [-0.25, -0.2) is 4.79 Å². The molecule has 0 aliphatic rings. The van der Waals surface area contributed by atoms with Crippen LogP contribution in [-0.4, -0.2) is 24.3 Å². The van der Waals surface area contributed by atoms with Crippen molar-refractivity contribution in [2.24, 2.45) is 0 Å². The molecule has 1 aromatic carbocycles. The molecule has 0 spiro atoms. The summed E-state index contributed by atoms with van der Waals surface area (Å²) in [6.45, 7) is 5.92. The molecule has 1 aromatic heterocycles. The second kappa shape index (κ2) is 8.21. The van der Waals surface area contributed by atoms with Crippen LogP contribution in [0.2, 0.25) is 0 Å². The van der Waals surface area contributed by atoms with E-state index in [4.69, 9.17) is 9.15 Å². The molecule has 1 heterocycles. The third-order valence-electron chi connectivity index (χ3n) is 3.41. The molecule has 1 atom stereocenters. The van der Waals surface area contributed by atoms with E-state index in [2.05, 4.69) is 17.2 Å². The molecule has 0 fully saturated rings. The number of aliphatic hydroxyl groups is 1. The number of benzene rings is 1. The van der Waals surface area contributed by atoms with Crippen molar-refractivity contribution >= 4 is 6.03 Å². The fraction of sp³-hybridized carbons (Fsp3) is 0.278. The molecule has 0 radical (unpaired) electrons. The number of carbonyl (C=O) groups is 1. The highest BCUT2D eigenvalue weighted by molar-refractivity contribution is 5.74. The average Bonchev–Trinajstić information content (AvgIpc) is 3.12. The maximum Gasteiger partial charge on any atom is 0.315 e. The number of amides is 2. The van der Waals surface area contributed by atoms with Gasteiger partial charge in [0.05, 0.1) is 12.8 Å². The van der Waals surface area contributed by atoms with E-state index in [-0.39, 0.29) is 12.6 Å². The van der Waals surface area contributed by atoms with Crippen molar-refractivity contribution in [1.29, 1.82) is 0 Å². The van der Waals surface area contributed by atoms with Gasteiger partial charge in [0, 0.05) is 12.1 Å². The molecule has 2 aromatic rings. The van der Waals surface area contributed by atoms with Crippen molar-refractivity contribution in [3.05, 3.63) is 66.6 Å². The molecule has 0 aliphatic carbocycles. The van der Waals surface area contributed by atoms with Gasteiger partial charge in [0.25, 0.3) is 0 Å². The third-order valence-corrected chi connectivity index (χ3v) is 3.41. The molecule has 0 saturated heterocycles. The number of ether oxygens (including phenoxy) is 1. The zero-order valence-electron chi connectivity index (χ0n) is 13.6. The van der Waals surface area contributed by atoms with Gasteiger partial charge in [0.15, 0.2) is 0 Å². The Balaban J connectivity index is 1.84. The lowest BCUT2D eigenvalue weighted by Crippen LogP contribution is -2.43. The predicted molar refractivity (Wildman–Crippen MR) is 90.7 cm³/mol. The first-order valence-corrected chi connectivity index (χ1v) is 7.62. The Hall–Kier alpha value is -2.73. The van der Waals surface area contributed by atoms with Crippen molar-refractivity contribution in [3.8, 4) is 5.75 Å². The number of carbonyl (C=O) groups excluding carboxylic acids is 1. The molecule has 3 N–H and O–H groups in total. The summed E-state index contributed by atoms with van der Waals surface area (Å²) in [5.74, 6) is 1.09. The van der Waals surface area contributed by atoms with Crippen LogP contribution in [0.5, 0.6) is 5.75 Å². The Bertz CT molecular complexity index is 665. The molecule has 0 aliphatic heterocycles. The van der Waals surface area contributed by atoms with E-state index in [9.17, 15) is 9.90 Å². The van der Waals surface area contributed by atoms with Crippen LogP contribution in [0, 0.1) is 0 Å². The van der Waals surface area contributed by atoms with Gasteiger partial charge in [-0.2, -0.15) is 0 Å². The van der Waals surface area contributed by atoms with Crippen molar-refractivity contribution in [2.75, 3.05) is 13.2 Å². The summed E-state index contributed by atoms with van der Waals surface area (Å²) < 4.78 is 10.7. The maximum atomic E-state index is 11.9. The summed E-state index contributed by atoms with van der Waals surface area (Å²) in [6.07, 6.45) is 3.14. The number of hydrogen-bond acceptors (Lipinski definition) is 4. The molecule has 24 heavy (non-hydrogen) atoms. The highest BCUT2D eigenvalue weighted by Crippen LogP contribution is 2.20. The van der Waals surface area contributed by atoms with E-state index in [1.807, 2.05) is 24.3 Å². The van der Waals surface area contributed by atoms with Gasteiger partial charge in [-0.15, -0.1) is 0 Å². The second-order valence-corrected chi connectivity index (χ2v) is 5.49. The number of para-hydroxylation sites is 1.